The van der Waals surface area contributed by atoms with Gasteiger partial charge in [-0.1, -0.05) is 0 Å². The normalized spacial score (nSPS) is 18.2. The van der Waals surface area contributed by atoms with Crippen LogP contribution in [0.1, 0.15) is 30.3 Å². The number of hydrogen-bond acceptors (Lipinski definition) is 5. The van der Waals surface area contributed by atoms with E-state index < -0.39 is 11.9 Å². The average Bonchev–Trinajstić information content (AvgIpc) is 3.08. The highest BCUT2D eigenvalue weighted by Gasteiger charge is 2.33. The summed E-state index contributed by atoms with van der Waals surface area (Å²) in [6.45, 7) is 4.65. The molecule has 0 saturated carbocycles. The highest BCUT2D eigenvalue weighted by molar-refractivity contribution is 5.95. The minimum atomic E-state index is -0.631. The Hall–Kier alpha value is -1.86. The summed E-state index contributed by atoms with van der Waals surface area (Å²) in [5.41, 5.74) is -0.0413. The van der Waals surface area contributed by atoms with Crippen LogP contribution in [0.25, 0.3) is 0 Å². The summed E-state index contributed by atoms with van der Waals surface area (Å²) >= 11 is 0. The van der Waals surface area contributed by atoms with Gasteiger partial charge in [-0.15, -0.1) is 0 Å². The maximum atomic E-state index is 12.2. The first-order valence-corrected chi connectivity index (χ1v) is 7.88. The Labute approximate surface area is 136 Å². The molecule has 1 saturated heterocycles. The third kappa shape index (κ3) is 4.80. The maximum absolute atomic E-state index is 12.2. The van der Waals surface area contributed by atoms with Gasteiger partial charge in [0, 0.05) is 19.1 Å². The van der Waals surface area contributed by atoms with Crippen LogP contribution in [0.4, 0.5) is 0 Å². The highest BCUT2D eigenvalue weighted by atomic mass is 16.5. The summed E-state index contributed by atoms with van der Waals surface area (Å²) < 4.78 is 10.3. The van der Waals surface area contributed by atoms with Gasteiger partial charge >= 0.3 is 0 Å². The van der Waals surface area contributed by atoms with Gasteiger partial charge in [0.15, 0.2) is 5.76 Å². The molecule has 2 amide bonds. The monoisotopic (exact) mass is 323 g/mol. The number of amides is 2. The fraction of sp³-hybridized carbons (Fsp3) is 0.625. The highest BCUT2D eigenvalue weighted by Crippen LogP contribution is 2.28. The Morgan fingerprint density at radius 2 is 2.17 bits per heavy atom. The number of nitrogens with one attached hydrogen (secondary N) is 3. The van der Waals surface area contributed by atoms with Crippen molar-refractivity contribution in [2.24, 2.45) is 5.41 Å². The van der Waals surface area contributed by atoms with Crippen molar-refractivity contribution in [3.8, 4) is 0 Å². The van der Waals surface area contributed by atoms with Crippen LogP contribution in [0.2, 0.25) is 0 Å². The number of methoxy groups -OCH3 is 1. The Kier molecular flexibility index (Phi) is 6.18. The van der Waals surface area contributed by atoms with E-state index in [-0.39, 0.29) is 17.1 Å². The molecule has 1 atom stereocenters. The third-order valence-corrected chi connectivity index (χ3v) is 4.24. The molecule has 1 aromatic heterocycles. The van der Waals surface area contributed by atoms with Crippen molar-refractivity contribution in [3.05, 3.63) is 24.2 Å². The van der Waals surface area contributed by atoms with E-state index in [4.69, 9.17) is 9.15 Å². The fourth-order valence-corrected chi connectivity index (χ4v) is 2.80. The van der Waals surface area contributed by atoms with Crippen LogP contribution in [-0.2, 0) is 9.53 Å². The minimum Gasteiger partial charge on any atom is -0.459 e. The van der Waals surface area contributed by atoms with Gasteiger partial charge in [-0.2, -0.15) is 0 Å². The Morgan fingerprint density at radius 3 is 2.78 bits per heavy atom. The van der Waals surface area contributed by atoms with Crippen LogP contribution >= 0.6 is 0 Å². The van der Waals surface area contributed by atoms with E-state index in [0.29, 0.717) is 13.2 Å². The van der Waals surface area contributed by atoms with E-state index in [2.05, 4.69) is 16.0 Å². The van der Waals surface area contributed by atoms with Crippen molar-refractivity contribution in [2.75, 3.05) is 33.4 Å². The third-order valence-electron chi connectivity index (χ3n) is 4.24. The number of carbonyl (C=O) groups excluding carboxylic acids is 2. The van der Waals surface area contributed by atoms with Crippen molar-refractivity contribution < 1.29 is 18.7 Å². The van der Waals surface area contributed by atoms with Crippen molar-refractivity contribution in [1.29, 1.82) is 0 Å². The lowest BCUT2D eigenvalue weighted by Gasteiger charge is -2.37. The van der Waals surface area contributed by atoms with Crippen LogP contribution in [0.15, 0.2) is 22.8 Å². The lowest BCUT2D eigenvalue weighted by atomic mass is 9.79. The number of hydrogen-bond donors (Lipinski definition) is 3. The fourth-order valence-electron chi connectivity index (χ4n) is 2.80. The molecule has 1 aromatic rings. The summed E-state index contributed by atoms with van der Waals surface area (Å²) in [4.78, 5) is 24.1. The molecule has 0 aliphatic carbocycles. The van der Waals surface area contributed by atoms with Crippen LogP contribution in [0, 0.1) is 5.41 Å². The summed E-state index contributed by atoms with van der Waals surface area (Å²) in [7, 11) is 1.68. The average molecular weight is 323 g/mol. The lowest BCUT2D eigenvalue weighted by molar-refractivity contribution is -0.123. The summed E-state index contributed by atoms with van der Waals surface area (Å²) in [6.07, 6.45) is 3.33. The van der Waals surface area contributed by atoms with Gasteiger partial charge < -0.3 is 25.1 Å². The van der Waals surface area contributed by atoms with Crippen molar-refractivity contribution in [1.82, 2.24) is 16.0 Å². The molecule has 2 rings (SSSR count). The molecule has 2 heterocycles. The van der Waals surface area contributed by atoms with Crippen molar-refractivity contribution in [2.45, 2.75) is 25.8 Å². The first-order chi connectivity index (χ1) is 11.1. The molecule has 0 radical (unpaired) electrons. The molecule has 1 fully saturated rings. The number of carbonyl (C=O) groups is 2. The smallest absolute Gasteiger partial charge is 0.287 e. The summed E-state index contributed by atoms with van der Waals surface area (Å²) in [6, 6.07) is 2.56. The zero-order valence-electron chi connectivity index (χ0n) is 13.7. The molecule has 1 aliphatic heterocycles. The predicted molar refractivity (Wildman–Crippen MR) is 85.1 cm³/mol. The Morgan fingerprint density at radius 1 is 1.43 bits per heavy atom. The van der Waals surface area contributed by atoms with Gasteiger partial charge in [0.25, 0.3) is 5.91 Å². The molecule has 7 nitrogen and oxygen atoms in total. The van der Waals surface area contributed by atoms with E-state index in [9.17, 15) is 9.59 Å². The molecule has 7 heteroatoms. The molecule has 23 heavy (non-hydrogen) atoms. The maximum Gasteiger partial charge on any atom is 0.287 e. The summed E-state index contributed by atoms with van der Waals surface area (Å²) in [5, 5.41) is 8.88. The molecule has 0 spiro atoms. The molecular weight excluding hydrogens is 298 g/mol. The second-order valence-electron chi connectivity index (χ2n) is 6.07. The lowest BCUT2D eigenvalue weighted by Crippen LogP contribution is -2.51. The molecule has 1 aliphatic rings. The molecule has 0 bridgehead atoms. The SMILES string of the molecule is COCC1(CNC(=O)C(C)NC(=O)c2ccco2)CCNCC1. The number of furan rings is 1. The van der Waals surface area contributed by atoms with Crippen LogP contribution < -0.4 is 16.0 Å². The van der Waals surface area contributed by atoms with Gasteiger partial charge in [0.1, 0.15) is 6.04 Å². The van der Waals surface area contributed by atoms with E-state index >= 15 is 0 Å². The van der Waals surface area contributed by atoms with E-state index in [1.54, 1.807) is 26.2 Å². The molecule has 0 aromatic carbocycles. The molecule has 128 valence electrons. The zero-order valence-corrected chi connectivity index (χ0v) is 13.7. The predicted octanol–water partition coefficient (Wildman–Crippen LogP) is 0.530. The van der Waals surface area contributed by atoms with Crippen LogP contribution in [0.5, 0.6) is 0 Å². The van der Waals surface area contributed by atoms with E-state index in [1.807, 2.05) is 0 Å². The van der Waals surface area contributed by atoms with Gasteiger partial charge in [-0.05, 0) is 45.0 Å². The number of rotatable bonds is 7. The summed E-state index contributed by atoms with van der Waals surface area (Å²) in [5.74, 6) is -0.413. The van der Waals surface area contributed by atoms with Crippen LogP contribution in [-0.4, -0.2) is 51.2 Å². The quantitative estimate of drug-likeness (QED) is 0.681. The molecular formula is C16H25N3O4. The van der Waals surface area contributed by atoms with Crippen LogP contribution in [0.3, 0.4) is 0 Å². The number of piperidine rings is 1. The number of ether oxygens (including phenoxy) is 1. The minimum absolute atomic E-state index is 0.0413. The molecule has 1 unspecified atom stereocenters. The first-order valence-electron chi connectivity index (χ1n) is 7.88. The Balaban J connectivity index is 1.83. The van der Waals surface area contributed by atoms with E-state index in [1.165, 1.54) is 6.26 Å². The van der Waals surface area contributed by atoms with Gasteiger partial charge in [0.2, 0.25) is 5.91 Å². The zero-order chi connectivity index (χ0) is 16.7. The van der Waals surface area contributed by atoms with Crippen molar-refractivity contribution in [3.63, 3.8) is 0 Å². The van der Waals surface area contributed by atoms with Crippen molar-refractivity contribution >= 4 is 11.8 Å². The van der Waals surface area contributed by atoms with Gasteiger partial charge in [-0.3, -0.25) is 9.59 Å². The standard InChI is InChI=1S/C16H25N3O4/c1-12(19-15(21)13-4-3-9-23-13)14(20)18-10-16(11-22-2)5-7-17-8-6-16/h3-4,9,12,17H,5-8,10-11H2,1-2H3,(H,18,20)(H,19,21). The molecule has 3 N–H and O–H groups in total. The topological polar surface area (TPSA) is 92.6 Å². The first kappa shape index (κ1) is 17.5. The van der Waals surface area contributed by atoms with E-state index in [0.717, 1.165) is 25.9 Å². The Bertz CT molecular complexity index is 504. The second kappa shape index (κ2) is 8.12. The second-order valence-corrected chi connectivity index (χ2v) is 6.07. The largest absolute Gasteiger partial charge is 0.459 e. The van der Waals surface area contributed by atoms with Gasteiger partial charge in [0.05, 0.1) is 12.9 Å². The van der Waals surface area contributed by atoms with Gasteiger partial charge in [-0.25, -0.2) is 0 Å².